The van der Waals surface area contributed by atoms with E-state index >= 15 is 0 Å². The number of fused-ring (bicyclic) bond motifs is 2. The molecule has 3 rings (SSSR count). The molecule has 3 fully saturated rings. The second-order valence-corrected chi connectivity index (χ2v) is 5.56. The molecule has 0 radical (unpaired) electrons. The van der Waals surface area contributed by atoms with E-state index in [-0.39, 0.29) is 5.60 Å². The number of likely N-dealkylation sites (tertiary alicyclic amines) is 1. The fourth-order valence-electron chi connectivity index (χ4n) is 3.92. The first kappa shape index (κ1) is 9.17. The minimum atomic E-state index is -0.290. The van der Waals surface area contributed by atoms with E-state index in [1.807, 2.05) is 0 Å². The molecule has 2 aliphatic carbocycles. The smallest absolute Gasteiger partial charge is 0.0805 e. The van der Waals surface area contributed by atoms with E-state index in [0.717, 1.165) is 18.8 Å². The summed E-state index contributed by atoms with van der Waals surface area (Å²) in [7, 11) is 0. The Morgan fingerprint density at radius 3 is 2.50 bits per heavy atom. The normalized spacial score (nSPS) is 48.6. The molecule has 1 N–H and O–H groups in total. The highest BCUT2D eigenvalue weighted by Gasteiger charge is 2.52. The molecule has 14 heavy (non-hydrogen) atoms. The van der Waals surface area contributed by atoms with Gasteiger partial charge in [-0.15, -0.1) is 0 Å². The first-order valence-electron chi connectivity index (χ1n) is 6.24. The van der Waals surface area contributed by atoms with Crippen molar-refractivity contribution in [2.75, 3.05) is 13.1 Å². The summed E-state index contributed by atoms with van der Waals surface area (Å²) in [6.45, 7) is 2.47. The fourth-order valence-corrected chi connectivity index (χ4v) is 3.92. The first-order chi connectivity index (χ1) is 6.78. The second kappa shape index (κ2) is 3.21. The number of hydrogen-bond donors (Lipinski definition) is 1. The molecule has 1 heterocycles. The molecule has 0 aromatic heterocycles. The monoisotopic (exact) mass is 195 g/mol. The first-order valence-corrected chi connectivity index (χ1v) is 6.24. The Morgan fingerprint density at radius 2 is 1.93 bits per heavy atom. The van der Waals surface area contributed by atoms with Crippen molar-refractivity contribution < 1.29 is 5.11 Å². The predicted octanol–water partition coefficient (Wildman–Crippen LogP) is 1.78. The molecule has 3 unspecified atom stereocenters. The van der Waals surface area contributed by atoms with Gasteiger partial charge in [-0.3, -0.25) is 4.90 Å². The molecule has 80 valence electrons. The number of nitrogens with zero attached hydrogens (tertiary/aromatic N) is 1. The van der Waals surface area contributed by atoms with Gasteiger partial charge in [0.1, 0.15) is 0 Å². The second-order valence-electron chi connectivity index (χ2n) is 5.56. The van der Waals surface area contributed by atoms with Gasteiger partial charge in [-0.1, -0.05) is 6.42 Å². The summed E-state index contributed by atoms with van der Waals surface area (Å²) in [5.41, 5.74) is -0.290. The lowest BCUT2D eigenvalue weighted by atomic mass is 9.89. The zero-order chi connectivity index (χ0) is 9.60. The Balaban J connectivity index is 1.73. The fraction of sp³-hybridized carbons (Fsp3) is 1.00. The Kier molecular flexibility index (Phi) is 2.10. The van der Waals surface area contributed by atoms with Gasteiger partial charge in [0.15, 0.2) is 0 Å². The third-order valence-corrected chi connectivity index (χ3v) is 4.64. The number of rotatable bonds is 1. The Morgan fingerprint density at radius 1 is 1.14 bits per heavy atom. The van der Waals surface area contributed by atoms with E-state index < -0.39 is 0 Å². The zero-order valence-electron chi connectivity index (χ0n) is 8.91. The van der Waals surface area contributed by atoms with E-state index in [4.69, 9.17) is 0 Å². The van der Waals surface area contributed by atoms with Crippen molar-refractivity contribution >= 4 is 0 Å². The number of aliphatic hydroxyl groups is 1. The van der Waals surface area contributed by atoms with Gasteiger partial charge in [-0.25, -0.2) is 0 Å². The van der Waals surface area contributed by atoms with Gasteiger partial charge in [0, 0.05) is 6.04 Å². The van der Waals surface area contributed by atoms with E-state index in [0.29, 0.717) is 6.04 Å². The summed E-state index contributed by atoms with van der Waals surface area (Å²) < 4.78 is 0. The molecule has 3 aliphatic rings. The molecule has 2 saturated carbocycles. The van der Waals surface area contributed by atoms with Gasteiger partial charge in [-0.2, -0.15) is 0 Å². The van der Waals surface area contributed by atoms with Crippen LogP contribution in [0.1, 0.15) is 44.9 Å². The van der Waals surface area contributed by atoms with Crippen LogP contribution in [0.2, 0.25) is 0 Å². The minimum absolute atomic E-state index is 0.290. The Hall–Kier alpha value is -0.0800. The van der Waals surface area contributed by atoms with Gasteiger partial charge in [0.05, 0.1) is 5.60 Å². The molecular formula is C12H21NO. The SMILES string of the molecule is OC12CCC(CC1N1CCCCC1)C2. The Bertz CT molecular complexity index is 224. The molecule has 0 aromatic rings. The highest BCUT2D eigenvalue weighted by atomic mass is 16.3. The van der Waals surface area contributed by atoms with Crippen LogP contribution in [0.3, 0.4) is 0 Å². The van der Waals surface area contributed by atoms with Crippen LogP contribution in [0.15, 0.2) is 0 Å². The van der Waals surface area contributed by atoms with Crippen LogP contribution in [0.4, 0.5) is 0 Å². The third-order valence-electron chi connectivity index (χ3n) is 4.64. The summed E-state index contributed by atoms with van der Waals surface area (Å²) >= 11 is 0. The van der Waals surface area contributed by atoms with Crippen molar-refractivity contribution in [2.45, 2.75) is 56.6 Å². The average Bonchev–Trinajstić information content (AvgIpc) is 2.74. The van der Waals surface area contributed by atoms with Crippen molar-refractivity contribution in [3.05, 3.63) is 0 Å². The highest BCUT2D eigenvalue weighted by molar-refractivity contribution is 5.07. The van der Waals surface area contributed by atoms with Gasteiger partial charge in [0.25, 0.3) is 0 Å². The van der Waals surface area contributed by atoms with Crippen molar-refractivity contribution in [3.63, 3.8) is 0 Å². The molecule has 0 spiro atoms. The molecule has 0 aromatic carbocycles. The molecule has 0 amide bonds. The van der Waals surface area contributed by atoms with Crippen molar-refractivity contribution in [2.24, 2.45) is 5.92 Å². The lowest BCUT2D eigenvalue weighted by molar-refractivity contribution is -0.0360. The maximum absolute atomic E-state index is 10.5. The van der Waals surface area contributed by atoms with Crippen LogP contribution in [0, 0.1) is 5.92 Å². The standard InChI is InChI=1S/C12H21NO/c14-12-5-4-10(9-12)8-11(12)13-6-2-1-3-7-13/h10-11,14H,1-9H2. The van der Waals surface area contributed by atoms with Gasteiger partial charge < -0.3 is 5.11 Å². The van der Waals surface area contributed by atoms with Crippen LogP contribution in [-0.4, -0.2) is 34.7 Å². The third kappa shape index (κ3) is 1.31. The summed E-state index contributed by atoms with van der Waals surface area (Å²) in [6, 6.07) is 0.515. The number of piperidine rings is 1. The summed E-state index contributed by atoms with van der Waals surface area (Å²) in [4.78, 5) is 2.57. The summed E-state index contributed by atoms with van der Waals surface area (Å²) in [5, 5.41) is 10.5. The lowest BCUT2D eigenvalue weighted by Gasteiger charge is -2.41. The van der Waals surface area contributed by atoms with Crippen LogP contribution >= 0.6 is 0 Å². The highest BCUT2D eigenvalue weighted by Crippen LogP contribution is 2.49. The molecule has 3 atom stereocenters. The topological polar surface area (TPSA) is 23.5 Å². The van der Waals surface area contributed by atoms with Gasteiger partial charge >= 0.3 is 0 Å². The largest absolute Gasteiger partial charge is 0.388 e. The van der Waals surface area contributed by atoms with Crippen molar-refractivity contribution in [1.82, 2.24) is 4.90 Å². The molecule has 1 saturated heterocycles. The summed E-state index contributed by atoms with van der Waals surface area (Å²) in [5.74, 6) is 0.840. The molecule has 2 bridgehead atoms. The molecule has 2 nitrogen and oxygen atoms in total. The van der Waals surface area contributed by atoms with Crippen molar-refractivity contribution in [1.29, 1.82) is 0 Å². The zero-order valence-corrected chi connectivity index (χ0v) is 8.91. The Labute approximate surface area is 86.3 Å². The lowest BCUT2D eigenvalue weighted by Crippen LogP contribution is -2.51. The number of hydrogen-bond acceptors (Lipinski definition) is 2. The quantitative estimate of drug-likeness (QED) is 0.689. The minimum Gasteiger partial charge on any atom is -0.388 e. The summed E-state index contributed by atoms with van der Waals surface area (Å²) in [6.07, 6.45) is 8.80. The maximum atomic E-state index is 10.5. The van der Waals surface area contributed by atoms with Crippen LogP contribution < -0.4 is 0 Å². The van der Waals surface area contributed by atoms with Crippen molar-refractivity contribution in [3.8, 4) is 0 Å². The van der Waals surface area contributed by atoms with Gasteiger partial charge in [0.2, 0.25) is 0 Å². The molecule has 1 aliphatic heterocycles. The van der Waals surface area contributed by atoms with Gasteiger partial charge in [-0.05, 0) is 57.5 Å². The van der Waals surface area contributed by atoms with Crippen LogP contribution in [0.5, 0.6) is 0 Å². The predicted molar refractivity (Wildman–Crippen MR) is 56.1 cm³/mol. The van der Waals surface area contributed by atoms with E-state index in [2.05, 4.69) is 4.90 Å². The van der Waals surface area contributed by atoms with E-state index in [1.165, 1.54) is 45.2 Å². The van der Waals surface area contributed by atoms with Crippen LogP contribution in [-0.2, 0) is 0 Å². The van der Waals surface area contributed by atoms with Crippen LogP contribution in [0.25, 0.3) is 0 Å². The molecular weight excluding hydrogens is 174 g/mol. The maximum Gasteiger partial charge on any atom is 0.0805 e. The van der Waals surface area contributed by atoms with E-state index in [9.17, 15) is 5.11 Å². The average molecular weight is 195 g/mol. The molecule has 2 heteroatoms. The van der Waals surface area contributed by atoms with E-state index in [1.54, 1.807) is 0 Å².